The first-order valence-corrected chi connectivity index (χ1v) is 43.6. The highest BCUT2D eigenvalue weighted by atomic mass is 31.2. The molecule has 0 heterocycles. The first-order chi connectivity index (χ1) is 47.0. The lowest BCUT2D eigenvalue weighted by atomic mass is 10.0. The average molecular weight is 1420 g/mol. The normalized spacial score (nSPS) is 13.9. The molecular weight excluding hydrogens is 1270 g/mol. The summed E-state index contributed by atoms with van der Waals surface area (Å²) in [6, 6.07) is 0. The third kappa shape index (κ3) is 72.2. The third-order valence-electron chi connectivity index (χ3n) is 18.3. The van der Waals surface area contributed by atoms with Crippen LogP contribution in [0.3, 0.4) is 0 Å². The number of phosphoric ester groups is 2. The number of carbonyl (C=O) groups is 4. The number of esters is 4. The van der Waals surface area contributed by atoms with Gasteiger partial charge in [0.15, 0.2) is 12.2 Å². The molecule has 0 aromatic heterocycles. The van der Waals surface area contributed by atoms with Gasteiger partial charge in [0.05, 0.1) is 26.4 Å². The number of phosphoric acid groups is 2. The van der Waals surface area contributed by atoms with Crippen molar-refractivity contribution in [1.29, 1.82) is 0 Å². The highest BCUT2D eigenvalue weighted by Crippen LogP contribution is 2.45. The van der Waals surface area contributed by atoms with Crippen molar-refractivity contribution in [1.82, 2.24) is 0 Å². The number of hydrogen-bond donors (Lipinski definition) is 3. The Hall–Kier alpha value is -1.94. The summed E-state index contributed by atoms with van der Waals surface area (Å²) in [5.74, 6) is -1.30. The van der Waals surface area contributed by atoms with E-state index in [-0.39, 0.29) is 25.7 Å². The quantitative estimate of drug-likeness (QED) is 0.0222. The van der Waals surface area contributed by atoms with Gasteiger partial charge in [0.1, 0.15) is 19.3 Å². The standard InChI is InChI=1S/C78H152O17P2/c1-6-9-12-15-18-21-24-27-33-38-42-47-52-57-62-76(81)89-68-74(95-78(83)64-59-54-49-44-39-34-31-29-28-30-32-35-40-45-50-55-60-71(4)5)70-93-97(86,87)91-66-72(79)65-90-96(84,85)92-69-73(94-77(82)63-58-53-48-43-37-26-23-20-17-14-11-8-3)67-88-75(80)61-56-51-46-41-36-25-22-19-16-13-10-7-2/h71-74,79H,6-70H2,1-5H3,(H,84,85)(H,86,87)/t72-,73+,74+/m0/s1. The van der Waals surface area contributed by atoms with E-state index in [1.54, 1.807) is 0 Å². The molecule has 97 heavy (non-hydrogen) atoms. The van der Waals surface area contributed by atoms with Crippen molar-refractivity contribution in [3.05, 3.63) is 0 Å². The number of rotatable bonds is 78. The van der Waals surface area contributed by atoms with E-state index in [2.05, 4.69) is 34.6 Å². The summed E-state index contributed by atoms with van der Waals surface area (Å²) in [7, 11) is -9.91. The fourth-order valence-electron chi connectivity index (χ4n) is 12.1. The Morgan fingerprint density at radius 2 is 0.474 bits per heavy atom. The minimum absolute atomic E-state index is 0.108. The van der Waals surface area contributed by atoms with E-state index in [1.165, 1.54) is 238 Å². The highest BCUT2D eigenvalue weighted by molar-refractivity contribution is 7.47. The molecule has 0 aromatic carbocycles. The fourth-order valence-corrected chi connectivity index (χ4v) is 13.6. The second-order valence-corrected chi connectivity index (χ2v) is 31.5. The molecule has 0 aromatic rings. The zero-order chi connectivity index (χ0) is 71.2. The van der Waals surface area contributed by atoms with Crippen LogP contribution in [0.25, 0.3) is 0 Å². The van der Waals surface area contributed by atoms with Gasteiger partial charge in [-0.25, -0.2) is 9.13 Å². The van der Waals surface area contributed by atoms with Crippen molar-refractivity contribution >= 4 is 39.5 Å². The van der Waals surface area contributed by atoms with Crippen molar-refractivity contribution in [3.8, 4) is 0 Å². The first kappa shape index (κ1) is 95.1. The molecule has 0 fully saturated rings. The van der Waals surface area contributed by atoms with Gasteiger partial charge < -0.3 is 33.8 Å². The van der Waals surface area contributed by atoms with Gasteiger partial charge in [0.2, 0.25) is 0 Å². The number of aliphatic hydroxyl groups is 1. The van der Waals surface area contributed by atoms with Crippen LogP contribution in [-0.2, 0) is 65.4 Å². The van der Waals surface area contributed by atoms with Crippen LogP contribution in [0, 0.1) is 5.92 Å². The van der Waals surface area contributed by atoms with Crippen LogP contribution in [0.15, 0.2) is 0 Å². The maximum atomic E-state index is 13.1. The Bertz CT molecular complexity index is 1860. The van der Waals surface area contributed by atoms with Crippen LogP contribution in [-0.4, -0.2) is 96.7 Å². The van der Waals surface area contributed by atoms with Crippen LogP contribution in [0.2, 0.25) is 0 Å². The smallest absolute Gasteiger partial charge is 0.462 e. The average Bonchev–Trinajstić information content (AvgIpc) is 1.94. The molecule has 0 aliphatic rings. The lowest BCUT2D eigenvalue weighted by molar-refractivity contribution is -0.161. The molecule has 0 radical (unpaired) electrons. The Morgan fingerprint density at radius 1 is 0.278 bits per heavy atom. The van der Waals surface area contributed by atoms with E-state index in [9.17, 15) is 43.2 Å². The topological polar surface area (TPSA) is 237 Å². The van der Waals surface area contributed by atoms with Crippen molar-refractivity contribution < 1.29 is 80.2 Å². The SMILES string of the molecule is CCCCCCCCCCCCCCCCC(=O)OC[C@H](COP(=O)(O)OC[C@@H](O)COP(=O)(O)OC[C@@H](COC(=O)CCCCCCCCCCCCCC)OC(=O)CCCCCCCCCCCCCC)OC(=O)CCCCCCCCCCCCCCCCCCC(C)C. The van der Waals surface area contributed by atoms with Gasteiger partial charge in [-0.2, -0.15) is 0 Å². The van der Waals surface area contributed by atoms with Crippen LogP contribution in [0.1, 0.15) is 413 Å². The molecule has 0 bridgehead atoms. The molecule has 2 unspecified atom stereocenters. The summed E-state index contributed by atoms with van der Waals surface area (Å²) in [5.41, 5.74) is 0. The second kappa shape index (κ2) is 71.1. The largest absolute Gasteiger partial charge is 0.472 e. The number of hydrogen-bond acceptors (Lipinski definition) is 15. The predicted octanol–water partition coefficient (Wildman–Crippen LogP) is 23.3. The molecule has 0 aliphatic heterocycles. The highest BCUT2D eigenvalue weighted by Gasteiger charge is 2.30. The lowest BCUT2D eigenvalue weighted by Gasteiger charge is -2.21. The Balaban J connectivity index is 5.24. The lowest BCUT2D eigenvalue weighted by Crippen LogP contribution is -2.30. The van der Waals surface area contributed by atoms with Crippen LogP contribution in [0.4, 0.5) is 0 Å². The van der Waals surface area contributed by atoms with E-state index in [0.717, 1.165) is 95.8 Å². The van der Waals surface area contributed by atoms with Gasteiger partial charge >= 0.3 is 39.5 Å². The molecule has 0 amide bonds. The maximum absolute atomic E-state index is 13.1. The molecule has 5 atom stereocenters. The van der Waals surface area contributed by atoms with Crippen LogP contribution >= 0.6 is 15.6 Å². The summed E-state index contributed by atoms with van der Waals surface area (Å²) < 4.78 is 68.6. The Morgan fingerprint density at radius 3 is 0.701 bits per heavy atom. The molecule has 17 nitrogen and oxygen atoms in total. The van der Waals surface area contributed by atoms with E-state index in [1.807, 2.05) is 0 Å². The zero-order valence-electron chi connectivity index (χ0n) is 63.2. The van der Waals surface area contributed by atoms with Gasteiger partial charge in [-0.15, -0.1) is 0 Å². The second-order valence-electron chi connectivity index (χ2n) is 28.6. The number of ether oxygens (including phenoxy) is 4. The van der Waals surface area contributed by atoms with E-state index >= 15 is 0 Å². The van der Waals surface area contributed by atoms with E-state index in [0.29, 0.717) is 25.7 Å². The van der Waals surface area contributed by atoms with Crippen molar-refractivity contribution in [2.75, 3.05) is 39.6 Å². The minimum Gasteiger partial charge on any atom is -0.462 e. The van der Waals surface area contributed by atoms with Crippen molar-refractivity contribution in [3.63, 3.8) is 0 Å². The van der Waals surface area contributed by atoms with Crippen LogP contribution < -0.4 is 0 Å². The molecule has 19 heteroatoms. The minimum atomic E-state index is -4.96. The fraction of sp³-hybridized carbons (Fsp3) is 0.949. The molecule has 0 saturated heterocycles. The number of aliphatic hydroxyl groups excluding tert-OH is 1. The van der Waals surface area contributed by atoms with Gasteiger partial charge in [0, 0.05) is 25.7 Å². The van der Waals surface area contributed by atoms with Crippen molar-refractivity contribution in [2.24, 2.45) is 5.92 Å². The maximum Gasteiger partial charge on any atom is 0.472 e. The molecular formula is C78H152O17P2. The molecule has 0 rings (SSSR count). The van der Waals surface area contributed by atoms with Gasteiger partial charge in [-0.3, -0.25) is 37.3 Å². The van der Waals surface area contributed by atoms with Crippen molar-refractivity contribution in [2.45, 2.75) is 432 Å². The summed E-state index contributed by atoms with van der Waals surface area (Å²) in [6.07, 6.45) is 60.8. The number of carbonyl (C=O) groups excluding carboxylic acids is 4. The Kier molecular flexibility index (Phi) is 69.6. The summed E-state index contributed by atoms with van der Waals surface area (Å²) >= 11 is 0. The number of unbranched alkanes of at least 4 members (excludes halogenated alkanes) is 50. The zero-order valence-corrected chi connectivity index (χ0v) is 65.0. The van der Waals surface area contributed by atoms with E-state index < -0.39 is 97.5 Å². The van der Waals surface area contributed by atoms with Crippen LogP contribution in [0.5, 0.6) is 0 Å². The molecule has 0 spiro atoms. The monoisotopic (exact) mass is 1420 g/mol. The predicted molar refractivity (Wildman–Crippen MR) is 395 cm³/mol. The van der Waals surface area contributed by atoms with Gasteiger partial charge in [-0.1, -0.05) is 362 Å². The first-order valence-electron chi connectivity index (χ1n) is 40.6. The third-order valence-corrected chi connectivity index (χ3v) is 20.2. The van der Waals surface area contributed by atoms with Gasteiger partial charge in [0.25, 0.3) is 0 Å². The molecule has 576 valence electrons. The Labute approximate surface area is 594 Å². The van der Waals surface area contributed by atoms with E-state index in [4.69, 9.17) is 37.0 Å². The molecule has 3 N–H and O–H groups in total. The summed E-state index contributed by atoms with van der Waals surface area (Å²) in [5, 5.41) is 10.6. The summed E-state index contributed by atoms with van der Waals surface area (Å²) in [6.45, 7) is 7.34. The molecule has 0 aliphatic carbocycles. The van der Waals surface area contributed by atoms with Gasteiger partial charge in [-0.05, 0) is 31.6 Å². The summed E-state index contributed by atoms with van der Waals surface area (Å²) in [4.78, 5) is 72.9. The molecule has 0 saturated carbocycles.